The molecule has 0 aromatic heterocycles. The van der Waals surface area contributed by atoms with Crippen molar-refractivity contribution in [3.8, 4) is 0 Å². The molecule has 4 amide bonds. The molecule has 1 heterocycles. The van der Waals surface area contributed by atoms with Gasteiger partial charge < -0.3 is 24.7 Å². The molecule has 1 aliphatic heterocycles. The maximum Gasteiger partial charge on any atom is 0.348 e. The first-order valence-corrected chi connectivity index (χ1v) is 19.7. The van der Waals surface area contributed by atoms with E-state index in [1.54, 1.807) is 18.7 Å². The molecule has 3 aliphatic carbocycles. The summed E-state index contributed by atoms with van der Waals surface area (Å²) < 4.78 is 5.09. The number of Topliss-reactive ketones (excluding diaryl/α,β-unsaturated/α-hetero) is 1. The fourth-order valence-electron chi connectivity index (χ4n) is 9.02. The van der Waals surface area contributed by atoms with E-state index in [1.165, 1.54) is 14.9 Å². The maximum atomic E-state index is 14.1. The average Bonchev–Trinajstić information content (AvgIpc) is 3.23. The third-order valence-corrected chi connectivity index (χ3v) is 12.2. The van der Waals surface area contributed by atoms with Crippen molar-refractivity contribution in [3.05, 3.63) is 0 Å². The number of nitrogens with zero attached hydrogens (tertiary/aromatic N) is 4. The van der Waals surface area contributed by atoms with Gasteiger partial charge in [0.1, 0.15) is 6.54 Å². The van der Waals surface area contributed by atoms with E-state index in [2.05, 4.69) is 17.1 Å². The molecule has 300 valence electrons. The van der Waals surface area contributed by atoms with E-state index in [1.807, 2.05) is 13.8 Å². The van der Waals surface area contributed by atoms with Crippen LogP contribution in [0.15, 0.2) is 0 Å². The first-order valence-electron chi connectivity index (χ1n) is 19.7. The molecule has 16 heteroatoms. The number of urea groups is 1. The van der Waals surface area contributed by atoms with E-state index < -0.39 is 35.5 Å². The number of carbonyl (C=O) groups is 6. The van der Waals surface area contributed by atoms with Crippen LogP contribution in [0, 0.1) is 17.8 Å². The van der Waals surface area contributed by atoms with Crippen LogP contribution < -0.4 is 22.9 Å². The Labute approximate surface area is 314 Å². The number of amides is 4. The lowest BCUT2D eigenvalue weighted by molar-refractivity contribution is -0.148. The van der Waals surface area contributed by atoms with E-state index in [0.29, 0.717) is 44.4 Å². The van der Waals surface area contributed by atoms with Crippen LogP contribution in [-0.4, -0.2) is 111 Å². The van der Waals surface area contributed by atoms with Crippen LogP contribution in [0.3, 0.4) is 0 Å². The molecule has 4 fully saturated rings. The summed E-state index contributed by atoms with van der Waals surface area (Å²) in [6.45, 7) is 9.36. The zero-order valence-corrected chi connectivity index (χ0v) is 32.4. The van der Waals surface area contributed by atoms with Gasteiger partial charge in [0, 0.05) is 37.1 Å². The topological polar surface area (TPSA) is 224 Å². The predicted molar refractivity (Wildman–Crippen MR) is 195 cm³/mol. The highest BCUT2D eigenvalue weighted by Crippen LogP contribution is 2.36. The predicted octanol–water partition coefficient (Wildman–Crippen LogP) is 2.28. The number of hydrazine groups is 2. The molecular formula is C37H64N8O8. The third kappa shape index (κ3) is 10.7. The van der Waals surface area contributed by atoms with Gasteiger partial charge in [-0.3, -0.25) is 34.0 Å². The smallest absolute Gasteiger partial charge is 0.348 e. The molecule has 0 aromatic rings. The van der Waals surface area contributed by atoms with Crippen LogP contribution in [0.25, 0.3) is 0 Å². The summed E-state index contributed by atoms with van der Waals surface area (Å²) in [6.07, 6.45) is 8.74. The molecule has 6 unspecified atom stereocenters. The van der Waals surface area contributed by atoms with E-state index in [-0.39, 0.29) is 80.2 Å². The maximum absolute atomic E-state index is 14.1. The Bertz CT molecular complexity index is 1320. The Balaban J connectivity index is 1.36. The zero-order valence-electron chi connectivity index (χ0n) is 32.4. The fourth-order valence-corrected chi connectivity index (χ4v) is 9.02. The van der Waals surface area contributed by atoms with E-state index in [9.17, 15) is 28.8 Å². The Morgan fingerprint density at radius 2 is 1.64 bits per heavy atom. The van der Waals surface area contributed by atoms with Gasteiger partial charge >= 0.3 is 18.0 Å². The number of carbonyl (C=O) groups excluding carboxylic acids is 6. The number of hydrogen-bond acceptors (Lipinski definition) is 12. The van der Waals surface area contributed by atoms with E-state index in [4.69, 9.17) is 22.3 Å². The van der Waals surface area contributed by atoms with Crippen LogP contribution in [0.4, 0.5) is 4.79 Å². The lowest BCUT2D eigenvalue weighted by Gasteiger charge is -2.43. The second kappa shape index (κ2) is 18.8. The highest BCUT2D eigenvalue weighted by atomic mass is 16.7. The average molecular weight is 749 g/mol. The Morgan fingerprint density at radius 3 is 2.28 bits per heavy atom. The van der Waals surface area contributed by atoms with Crippen LogP contribution in [0.5, 0.6) is 0 Å². The number of nitrogens with one attached hydrogen (secondary N) is 1. The van der Waals surface area contributed by atoms with Crippen molar-refractivity contribution in [3.63, 3.8) is 0 Å². The molecule has 3 saturated carbocycles. The van der Waals surface area contributed by atoms with Gasteiger partial charge in [-0.1, -0.05) is 19.8 Å². The van der Waals surface area contributed by atoms with Crippen molar-refractivity contribution >= 4 is 35.6 Å². The fraction of sp³-hybridized carbons (Fsp3) is 0.838. The van der Waals surface area contributed by atoms with Gasteiger partial charge in [-0.15, -0.1) is 0 Å². The van der Waals surface area contributed by atoms with Gasteiger partial charge in [0.05, 0.1) is 36.9 Å². The SMILES string of the molecule is CCOC(=O)CCN1C(=O)CN(C(C)CC(=O)ON)C(=O)C2CC(NC(C)(C)C(=O)CC3CCC(N(N)C(=O)N(N)C4CCCCC4C)CC3)CCC21. The van der Waals surface area contributed by atoms with Crippen molar-refractivity contribution in [2.45, 2.75) is 160 Å². The van der Waals surface area contributed by atoms with Crippen LogP contribution in [0.1, 0.15) is 125 Å². The molecule has 1 saturated heterocycles. The van der Waals surface area contributed by atoms with Gasteiger partial charge in [-0.2, -0.15) is 5.90 Å². The lowest BCUT2D eigenvalue weighted by Crippen LogP contribution is -2.59. The van der Waals surface area contributed by atoms with Crippen LogP contribution >= 0.6 is 0 Å². The molecule has 0 aromatic carbocycles. The van der Waals surface area contributed by atoms with Crippen LogP contribution in [0.2, 0.25) is 0 Å². The van der Waals surface area contributed by atoms with Gasteiger partial charge in [0.15, 0.2) is 5.78 Å². The molecule has 0 bridgehead atoms. The standard InChI is InChI=1S/C37H64N8O8/c1-6-52-33(48)17-18-42-30-16-13-26(21-28(30)35(50)43(22-32(42)47)24(3)19-34(49)53-40)41-37(4,5)31(46)20-25-11-14-27(15-12-25)44(38)36(51)45(39)29-10-8-7-9-23(29)2/h23-30,41H,6-22,38-40H2,1-5H3. The summed E-state index contributed by atoms with van der Waals surface area (Å²) >= 11 is 0. The van der Waals surface area contributed by atoms with Crippen molar-refractivity contribution in [1.82, 2.24) is 25.1 Å². The summed E-state index contributed by atoms with van der Waals surface area (Å²) in [5.74, 6) is 15.9. The minimum atomic E-state index is -0.883. The number of nitrogens with two attached hydrogens (primary N) is 3. The number of ether oxygens (including phenoxy) is 1. The van der Waals surface area contributed by atoms with Gasteiger partial charge in [-0.05, 0) is 97.3 Å². The Hall–Kier alpha value is -3.34. The molecule has 4 rings (SSSR count). The zero-order chi connectivity index (χ0) is 39.0. The summed E-state index contributed by atoms with van der Waals surface area (Å²) in [4.78, 5) is 86.3. The minimum absolute atomic E-state index is 0.00198. The monoisotopic (exact) mass is 748 g/mol. The highest BCUT2D eigenvalue weighted by molar-refractivity contribution is 5.90. The van der Waals surface area contributed by atoms with Crippen molar-refractivity contribution in [2.75, 3.05) is 19.7 Å². The number of ketones is 1. The summed E-state index contributed by atoms with van der Waals surface area (Å²) in [5.41, 5.74) is -0.883. The second-order valence-electron chi connectivity index (χ2n) is 16.3. The third-order valence-electron chi connectivity index (χ3n) is 12.2. The molecule has 0 spiro atoms. The van der Waals surface area contributed by atoms with Gasteiger partial charge in [0.2, 0.25) is 11.8 Å². The number of fused-ring (bicyclic) bond motifs is 1. The molecule has 7 N–H and O–H groups in total. The van der Waals surface area contributed by atoms with Crippen molar-refractivity contribution < 1.29 is 38.3 Å². The molecule has 6 atom stereocenters. The summed E-state index contributed by atoms with van der Waals surface area (Å²) in [5, 5.41) is 6.18. The first-order chi connectivity index (χ1) is 25.1. The first kappa shape index (κ1) is 42.4. The van der Waals surface area contributed by atoms with Crippen molar-refractivity contribution in [1.29, 1.82) is 0 Å². The molecule has 53 heavy (non-hydrogen) atoms. The summed E-state index contributed by atoms with van der Waals surface area (Å²) in [7, 11) is 0. The van der Waals surface area contributed by atoms with Gasteiger partial charge in [0.25, 0.3) is 0 Å². The summed E-state index contributed by atoms with van der Waals surface area (Å²) in [6, 6.07) is -1.77. The second-order valence-corrected chi connectivity index (χ2v) is 16.3. The molecule has 16 nitrogen and oxygen atoms in total. The Morgan fingerprint density at radius 1 is 0.962 bits per heavy atom. The van der Waals surface area contributed by atoms with E-state index in [0.717, 1.165) is 38.5 Å². The molecular weight excluding hydrogens is 684 g/mol. The molecule has 4 aliphatic rings. The molecule has 0 radical (unpaired) electrons. The number of esters is 1. The number of hydrogen-bond donors (Lipinski definition) is 4. The van der Waals surface area contributed by atoms with Gasteiger partial charge in [-0.25, -0.2) is 16.5 Å². The normalized spacial score (nSPS) is 28.7. The quantitative estimate of drug-likeness (QED) is 0.0870. The van der Waals surface area contributed by atoms with E-state index >= 15 is 0 Å². The van der Waals surface area contributed by atoms with Crippen molar-refractivity contribution in [2.24, 2.45) is 35.3 Å². The number of rotatable bonds is 14. The minimum Gasteiger partial charge on any atom is -0.466 e. The largest absolute Gasteiger partial charge is 0.466 e. The van der Waals surface area contributed by atoms with Crippen LogP contribution in [-0.2, 0) is 33.5 Å². The lowest BCUT2D eigenvalue weighted by atomic mass is 9.77. The highest BCUT2D eigenvalue weighted by Gasteiger charge is 2.47. The Kier molecular flexibility index (Phi) is 15.0.